The van der Waals surface area contributed by atoms with Gasteiger partial charge in [-0.2, -0.15) is 0 Å². The zero-order valence-corrected chi connectivity index (χ0v) is 16.9. The highest BCUT2D eigenvalue weighted by atomic mass is 16.2. The van der Waals surface area contributed by atoms with Gasteiger partial charge in [-0.3, -0.25) is 19.3 Å². The van der Waals surface area contributed by atoms with E-state index in [-0.39, 0.29) is 30.2 Å². The lowest BCUT2D eigenvalue weighted by molar-refractivity contribution is -0.117. The maximum absolute atomic E-state index is 12.7. The molecule has 1 aliphatic rings. The first-order valence-electron chi connectivity index (χ1n) is 9.86. The summed E-state index contributed by atoms with van der Waals surface area (Å²) in [5.74, 6) is -0.992. The smallest absolute Gasteiger partial charge is 0.261 e. The van der Waals surface area contributed by atoms with Crippen LogP contribution in [0.25, 0.3) is 0 Å². The molecule has 3 aromatic carbocycles. The van der Waals surface area contributed by atoms with Crippen molar-refractivity contribution < 1.29 is 14.4 Å². The molecule has 0 aliphatic carbocycles. The van der Waals surface area contributed by atoms with Gasteiger partial charge in [-0.1, -0.05) is 48.5 Å². The van der Waals surface area contributed by atoms with Crippen LogP contribution in [0.1, 0.15) is 50.2 Å². The van der Waals surface area contributed by atoms with Crippen LogP contribution >= 0.6 is 0 Å². The second-order valence-electron chi connectivity index (χ2n) is 7.50. The van der Waals surface area contributed by atoms with Crippen LogP contribution in [-0.4, -0.2) is 22.6 Å². The first-order chi connectivity index (χ1) is 14.5. The Kier molecular flexibility index (Phi) is 5.19. The molecule has 5 nitrogen and oxygen atoms in total. The van der Waals surface area contributed by atoms with Crippen molar-refractivity contribution in [2.24, 2.45) is 0 Å². The summed E-state index contributed by atoms with van der Waals surface area (Å²) in [7, 11) is 0. The van der Waals surface area contributed by atoms with Crippen molar-refractivity contribution in [1.82, 2.24) is 4.90 Å². The van der Waals surface area contributed by atoms with Gasteiger partial charge in [0.1, 0.15) is 0 Å². The number of hydrogen-bond donors (Lipinski definition) is 1. The number of nitrogens with zero attached hydrogens (tertiary/aromatic N) is 1. The topological polar surface area (TPSA) is 66.5 Å². The van der Waals surface area contributed by atoms with E-state index in [9.17, 15) is 14.4 Å². The van der Waals surface area contributed by atoms with Gasteiger partial charge in [-0.25, -0.2) is 0 Å². The van der Waals surface area contributed by atoms with E-state index in [2.05, 4.69) is 5.32 Å². The number of imide groups is 1. The maximum atomic E-state index is 12.7. The Bertz CT molecular complexity index is 1100. The van der Waals surface area contributed by atoms with Crippen molar-refractivity contribution in [3.05, 3.63) is 101 Å². The second kappa shape index (κ2) is 7.95. The number of fused-ring (bicyclic) bond motifs is 1. The van der Waals surface area contributed by atoms with E-state index in [0.717, 1.165) is 16.7 Å². The molecular formula is C25H22N2O3. The van der Waals surface area contributed by atoms with Gasteiger partial charge in [0, 0.05) is 5.69 Å². The monoisotopic (exact) mass is 398 g/mol. The predicted octanol–water partition coefficient (Wildman–Crippen LogP) is 4.53. The van der Waals surface area contributed by atoms with Crippen LogP contribution in [0, 0.1) is 6.92 Å². The van der Waals surface area contributed by atoms with Crippen LogP contribution in [-0.2, 0) is 11.3 Å². The van der Waals surface area contributed by atoms with Crippen molar-refractivity contribution >= 4 is 23.4 Å². The normalized spacial score (nSPS) is 13.9. The Morgan fingerprint density at radius 2 is 1.50 bits per heavy atom. The fourth-order valence-corrected chi connectivity index (χ4v) is 3.62. The minimum absolute atomic E-state index is 0.114. The Morgan fingerprint density at radius 1 is 0.900 bits per heavy atom. The van der Waals surface area contributed by atoms with Gasteiger partial charge in [0.2, 0.25) is 5.91 Å². The summed E-state index contributed by atoms with van der Waals surface area (Å²) in [6, 6.07) is 22.0. The van der Waals surface area contributed by atoms with Crippen molar-refractivity contribution in [1.29, 1.82) is 0 Å². The average Bonchev–Trinajstić information content (AvgIpc) is 3.01. The summed E-state index contributed by atoms with van der Waals surface area (Å²) < 4.78 is 0. The Labute approximate surface area is 175 Å². The first kappa shape index (κ1) is 19.6. The van der Waals surface area contributed by atoms with Crippen LogP contribution in [0.5, 0.6) is 0 Å². The van der Waals surface area contributed by atoms with Crippen LogP contribution in [0.3, 0.4) is 0 Å². The Hall–Kier alpha value is -3.73. The van der Waals surface area contributed by atoms with Gasteiger partial charge in [0.05, 0.1) is 23.6 Å². The maximum Gasteiger partial charge on any atom is 0.261 e. The Balaban J connectivity index is 1.52. The zero-order chi connectivity index (χ0) is 21.3. The number of anilines is 1. The van der Waals surface area contributed by atoms with Gasteiger partial charge in [-0.15, -0.1) is 0 Å². The second-order valence-corrected chi connectivity index (χ2v) is 7.50. The minimum Gasteiger partial charge on any atom is -0.326 e. The summed E-state index contributed by atoms with van der Waals surface area (Å²) in [6.45, 7) is 3.94. The van der Waals surface area contributed by atoms with E-state index in [4.69, 9.17) is 0 Å². The summed E-state index contributed by atoms with van der Waals surface area (Å²) in [5.41, 5.74) is 4.20. The third-order valence-electron chi connectivity index (χ3n) is 5.52. The number of aryl methyl sites for hydroxylation is 1. The van der Waals surface area contributed by atoms with Crippen LogP contribution in [0.2, 0.25) is 0 Å². The highest BCUT2D eigenvalue weighted by molar-refractivity contribution is 6.21. The minimum atomic E-state index is -0.299. The quantitative estimate of drug-likeness (QED) is 0.642. The third-order valence-corrected chi connectivity index (χ3v) is 5.52. The summed E-state index contributed by atoms with van der Waals surface area (Å²) >= 11 is 0. The molecule has 0 radical (unpaired) electrons. The molecule has 3 amide bonds. The summed E-state index contributed by atoms with van der Waals surface area (Å²) in [4.78, 5) is 39.3. The van der Waals surface area contributed by atoms with Gasteiger partial charge in [0.15, 0.2) is 0 Å². The number of carbonyl (C=O) groups excluding carboxylic acids is 3. The lowest BCUT2D eigenvalue weighted by atomic mass is 10.00. The molecule has 0 spiro atoms. The molecule has 5 heteroatoms. The summed E-state index contributed by atoms with van der Waals surface area (Å²) in [5, 5.41) is 2.94. The number of rotatable bonds is 5. The molecule has 150 valence electrons. The molecule has 0 bridgehead atoms. The molecule has 4 rings (SSSR count). The molecule has 0 saturated carbocycles. The fourth-order valence-electron chi connectivity index (χ4n) is 3.62. The van der Waals surface area contributed by atoms with Crippen LogP contribution < -0.4 is 5.32 Å². The van der Waals surface area contributed by atoms with E-state index >= 15 is 0 Å². The van der Waals surface area contributed by atoms with E-state index < -0.39 is 0 Å². The zero-order valence-electron chi connectivity index (χ0n) is 16.9. The van der Waals surface area contributed by atoms with Crippen molar-refractivity contribution in [3.8, 4) is 0 Å². The largest absolute Gasteiger partial charge is 0.326 e. The molecule has 0 saturated heterocycles. The number of hydrogen-bond acceptors (Lipinski definition) is 3. The summed E-state index contributed by atoms with van der Waals surface area (Å²) in [6.07, 6.45) is 0. The van der Waals surface area contributed by atoms with E-state index in [1.807, 2.05) is 62.4 Å². The van der Waals surface area contributed by atoms with Crippen LogP contribution in [0.4, 0.5) is 5.69 Å². The van der Waals surface area contributed by atoms with Gasteiger partial charge in [0.25, 0.3) is 11.8 Å². The van der Waals surface area contributed by atoms with Gasteiger partial charge >= 0.3 is 0 Å². The molecule has 0 fully saturated rings. The molecule has 3 aromatic rings. The number of benzene rings is 3. The molecule has 1 N–H and O–H groups in total. The number of amides is 3. The van der Waals surface area contributed by atoms with Gasteiger partial charge in [-0.05, 0) is 54.8 Å². The van der Waals surface area contributed by atoms with Crippen molar-refractivity contribution in [2.45, 2.75) is 26.3 Å². The predicted molar refractivity (Wildman–Crippen MR) is 115 cm³/mol. The van der Waals surface area contributed by atoms with Crippen molar-refractivity contribution in [2.75, 3.05) is 5.32 Å². The molecule has 1 heterocycles. The molecule has 1 aliphatic heterocycles. The highest BCUT2D eigenvalue weighted by Crippen LogP contribution is 2.26. The van der Waals surface area contributed by atoms with E-state index in [1.165, 1.54) is 4.90 Å². The van der Waals surface area contributed by atoms with E-state index in [1.54, 1.807) is 24.3 Å². The standard InChI is InChI=1S/C25H22N2O3/c1-16-12-13-20(26-23(28)17(2)18-8-4-3-5-9-18)14-19(16)15-27-24(29)21-10-6-7-11-22(21)25(27)30/h3-14,17H,15H2,1-2H3,(H,26,28). The Morgan fingerprint density at radius 3 is 2.13 bits per heavy atom. The number of carbonyl (C=O) groups is 3. The lowest BCUT2D eigenvalue weighted by Gasteiger charge is -2.18. The van der Waals surface area contributed by atoms with Crippen molar-refractivity contribution in [3.63, 3.8) is 0 Å². The molecule has 1 unspecified atom stereocenters. The SMILES string of the molecule is Cc1ccc(NC(=O)C(C)c2ccccc2)cc1CN1C(=O)c2ccccc2C1=O. The average molecular weight is 398 g/mol. The van der Waals surface area contributed by atoms with Crippen LogP contribution in [0.15, 0.2) is 72.8 Å². The molecular weight excluding hydrogens is 376 g/mol. The van der Waals surface area contributed by atoms with E-state index in [0.29, 0.717) is 16.8 Å². The molecule has 1 atom stereocenters. The lowest BCUT2D eigenvalue weighted by Crippen LogP contribution is -2.29. The van der Waals surface area contributed by atoms with Gasteiger partial charge < -0.3 is 5.32 Å². The number of nitrogens with one attached hydrogen (secondary N) is 1. The molecule has 30 heavy (non-hydrogen) atoms. The highest BCUT2D eigenvalue weighted by Gasteiger charge is 2.35. The first-order valence-corrected chi connectivity index (χ1v) is 9.86. The fraction of sp³-hybridized carbons (Fsp3) is 0.160. The third kappa shape index (κ3) is 3.62. The molecule has 0 aromatic heterocycles.